The highest BCUT2D eigenvalue weighted by atomic mass is 32.2. The van der Waals surface area contributed by atoms with Gasteiger partial charge < -0.3 is 28.4 Å². The molecule has 1 saturated heterocycles. The molecule has 0 aliphatic carbocycles. The molecular formula is C26H32N4O8S2. The average molecular weight is 593 g/mol. The Bertz CT molecular complexity index is 1540. The first-order valence-corrected chi connectivity index (χ1v) is 14.8. The summed E-state index contributed by atoms with van der Waals surface area (Å²) in [4.78, 5) is 31.4. The molecule has 0 saturated carbocycles. The Balaban J connectivity index is 1.57. The van der Waals surface area contributed by atoms with Crippen LogP contribution in [-0.4, -0.2) is 94.9 Å². The Morgan fingerprint density at radius 3 is 2.23 bits per heavy atom. The lowest BCUT2D eigenvalue weighted by Gasteiger charge is -2.33. The van der Waals surface area contributed by atoms with Gasteiger partial charge in [0.1, 0.15) is 0 Å². The standard InChI is InChI=1S/C26H32N4O8S2/c1-5-38-26(32)28-10-12-29(13-11-28)40(33,34)19-8-6-18(7-9-19)24(31)27-25-30(14-15-35-2)20-16-21(36-3)22(37-4)17-23(20)39-25/h6-9,16-17H,5,10-15H2,1-4H3. The summed E-state index contributed by atoms with van der Waals surface area (Å²) in [5.74, 6) is 0.603. The fourth-order valence-corrected chi connectivity index (χ4v) is 6.76. The van der Waals surface area contributed by atoms with Crippen LogP contribution in [0.4, 0.5) is 4.79 Å². The van der Waals surface area contributed by atoms with E-state index in [4.69, 9.17) is 18.9 Å². The summed E-state index contributed by atoms with van der Waals surface area (Å²) in [6.45, 7) is 3.62. The predicted octanol–water partition coefficient (Wildman–Crippen LogP) is 2.57. The number of rotatable bonds is 9. The number of thiazole rings is 1. The molecule has 0 unspecified atom stereocenters. The van der Waals surface area contributed by atoms with Crippen molar-refractivity contribution in [2.75, 3.05) is 60.7 Å². The SMILES string of the molecule is CCOC(=O)N1CCN(S(=O)(=O)c2ccc(C(=O)N=c3sc4cc(OC)c(OC)cc4n3CCOC)cc2)CC1. The molecule has 2 amide bonds. The van der Waals surface area contributed by atoms with Crippen LogP contribution >= 0.6 is 11.3 Å². The number of carbonyl (C=O) groups excluding carboxylic acids is 2. The van der Waals surface area contributed by atoms with Crippen LogP contribution in [0, 0.1) is 0 Å². The van der Waals surface area contributed by atoms with E-state index in [0.717, 1.165) is 10.2 Å². The van der Waals surface area contributed by atoms with Gasteiger partial charge in [-0.2, -0.15) is 9.30 Å². The second-order valence-corrected chi connectivity index (χ2v) is 11.7. The molecule has 0 spiro atoms. The summed E-state index contributed by atoms with van der Waals surface area (Å²) >= 11 is 1.32. The van der Waals surface area contributed by atoms with E-state index in [-0.39, 0.29) is 43.2 Å². The van der Waals surface area contributed by atoms with Crippen molar-refractivity contribution < 1.29 is 37.0 Å². The lowest BCUT2D eigenvalue weighted by atomic mass is 10.2. The van der Waals surface area contributed by atoms with Gasteiger partial charge in [-0.3, -0.25) is 4.79 Å². The number of amides is 2. The van der Waals surface area contributed by atoms with Gasteiger partial charge in [-0.1, -0.05) is 11.3 Å². The van der Waals surface area contributed by atoms with Crippen molar-refractivity contribution in [2.45, 2.75) is 18.4 Å². The highest BCUT2D eigenvalue weighted by Crippen LogP contribution is 2.33. The Morgan fingerprint density at radius 1 is 0.975 bits per heavy atom. The topological polar surface area (TPSA) is 129 Å². The molecule has 0 radical (unpaired) electrons. The van der Waals surface area contributed by atoms with E-state index in [2.05, 4.69) is 4.99 Å². The fraction of sp³-hybridized carbons (Fsp3) is 0.423. The summed E-state index contributed by atoms with van der Waals surface area (Å²) in [7, 11) is 0.902. The van der Waals surface area contributed by atoms with E-state index < -0.39 is 22.0 Å². The van der Waals surface area contributed by atoms with Gasteiger partial charge in [-0.25, -0.2) is 13.2 Å². The molecule has 4 rings (SSSR count). The summed E-state index contributed by atoms with van der Waals surface area (Å²) < 4.78 is 51.4. The number of ether oxygens (including phenoxy) is 4. The number of carbonyl (C=O) groups is 2. The Morgan fingerprint density at radius 2 is 1.62 bits per heavy atom. The van der Waals surface area contributed by atoms with Crippen molar-refractivity contribution in [1.29, 1.82) is 0 Å². The third kappa shape index (κ3) is 6.14. The van der Waals surface area contributed by atoms with Gasteiger partial charge in [0, 0.05) is 57.5 Å². The van der Waals surface area contributed by atoms with E-state index >= 15 is 0 Å². The number of piperazine rings is 1. The monoisotopic (exact) mass is 592 g/mol. The van der Waals surface area contributed by atoms with Crippen molar-refractivity contribution in [3.63, 3.8) is 0 Å². The molecule has 12 nitrogen and oxygen atoms in total. The zero-order valence-electron chi connectivity index (χ0n) is 22.8. The van der Waals surface area contributed by atoms with Crippen LogP contribution in [-0.2, 0) is 26.0 Å². The predicted molar refractivity (Wildman–Crippen MR) is 148 cm³/mol. The van der Waals surface area contributed by atoms with E-state index in [1.165, 1.54) is 44.8 Å². The fourth-order valence-electron chi connectivity index (χ4n) is 4.28. The Labute approximate surface area is 236 Å². The zero-order chi connectivity index (χ0) is 28.9. The van der Waals surface area contributed by atoms with E-state index in [1.807, 2.05) is 16.7 Å². The van der Waals surface area contributed by atoms with Gasteiger partial charge in [0.15, 0.2) is 16.3 Å². The smallest absolute Gasteiger partial charge is 0.409 e. The van der Waals surface area contributed by atoms with Crippen LogP contribution in [0.5, 0.6) is 11.5 Å². The van der Waals surface area contributed by atoms with Crippen LogP contribution in [0.15, 0.2) is 46.3 Å². The molecule has 14 heteroatoms. The number of aromatic nitrogens is 1. The summed E-state index contributed by atoms with van der Waals surface area (Å²) in [5, 5.41) is 0. The maximum Gasteiger partial charge on any atom is 0.409 e. The number of benzene rings is 2. The van der Waals surface area contributed by atoms with Gasteiger partial charge in [0.25, 0.3) is 5.91 Å². The lowest BCUT2D eigenvalue weighted by Crippen LogP contribution is -2.50. The second kappa shape index (κ2) is 12.8. The molecular weight excluding hydrogens is 560 g/mol. The van der Waals surface area contributed by atoms with Crippen LogP contribution in [0.1, 0.15) is 17.3 Å². The van der Waals surface area contributed by atoms with E-state index in [0.29, 0.717) is 29.5 Å². The quantitative estimate of drug-likeness (QED) is 0.371. The molecule has 0 atom stereocenters. The van der Waals surface area contributed by atoms with Crippen molar-refractivity contribution in [3.05, 3.63) is 46.8 Å². The highest BCUT2D eigenvalue weighted by Gasteiger charge is 2.30. The molecule has 1 aliphatic rings. The Hall–Kier alpha value is -3.46. The average Bonchev–Trinajstić information content (AvgIpc) is 3.30. The molecule has 2 heterocycles. The zero-order valence-corrected chi connectivity index (χ0v) is 24.4. The molecule has 1 aliphatic heterocycles. The van der Waals surface area contributed by atoms with Gasteiger partial charge in [-0.15, -0.1) is 0 Å². The van der Waals surface area contributed by atoms with Crippen molar-refractivity contribution in [2.24, 2.45) is 4.99 Å². The molecule has 2 aromatic carbocycles. The lowest BCUT2D eigenvalue weighted by molar-refractivity contribution is 0.0933. The van der Waals surface area contributed by atoms with E-state index in [1.54, 1.807) is 28.3 Å². The number of nitrogens with zero attached hydrogens (tertiary/aromatic N) is 4. The first-order valence-electron chi connectivity index (χ1n) is 12.6. The third-order valence-electron chi connectivity index (χ3n) is 6.41. The van der Waals surface area contributed by atoms with Crippen LogP contribution in [0.2, 0.25) is 0 Å². The van der Waals surface area contributed by atoms with Gasteiger partial charge in [-0.05, 0) is 31.2 Å². The van der Waals surface area contributed by atoms with Crippen LogP contribution in [0.3, 0.4) is 0 Å². The molecule has 1 aromatic heterocycles. The molecule has 40 heavy (non-hydrogen) atoms. The number of sulfonamides is 1. The van der Waals surface area contributed by atoms with Crippen molar-refractivity contribution in [1.82, 2.24) is 13.8 Å². The molecule has 0 N–H and O–H groups in total. The number of methoxy groups -OCH3 is 3. The maximum atomic E-state index is 13.2. The molecule has 216 valence electrons. The minimum absolute atomic E-state index is 0.0600. The van der Waals surface area contributed by atoms with Gasteiger partial charge in [0.2, 0.25) is 10.0 Å². The summed E-state index contributed by atoms with van der Waals surface area (Å²) in [5.41, 5.74) is 1.06. The van der Waals surface area contributed by atoms with Crippen molar-refractivity contribution >= 4 is 43.6 Å². The van der Waals surface area contributed by atoms with Crippen LogP contribution < -0.4 is 14.3 Å². The molecule has 1 fully saturated rings. The van der Waals surface area contributed by atoms with Gasteiger partial charge >= 0.3 is 6.09 Å². The maximum absolute atomic E-state index is 13.2. The number of hydrogen-bond acceptors (Lipinski definition) is 9. The minimum Gasteiger partial charge on any atom is -0.493 e. The van der Waals surface area contributed by atoms with Crippen LogP contribution in [0.25, 0.3) is 10.2 Å². The molecule has 0 bridgehead atoms. The number of hydrogen-bond donors (Lipinski definition) is 0. The summed E-state index contributed by atoms with van der Waals surface area (Å²) in [6.07, 6.45) is -0.452. The first kappa shape index (κ1) is 29.5. The largest absolute Gasteiger partial charge is 0.493 e. The van der Waals surface area contributed by atoms with E-state index in [9.17, 15) is 18.0 Å². The first-order chi connectivity index (χ1) is 19.2. The van der Waals surface area contributed by atoms with Crippen molar-refractivity contribution in [3.8, 4) is 11.5 Å². The Kier molecular flexibility index (Phi) is 9.45. The third-order valence-corrected chi connectivity index (χ3v) is 9.36. The summed E-state index contributed by atoms with van der Waals surface area (Å²) in [6, 6.07) is 9.36. The highest BCUT2D eigenvalue weighted by molar-refractivity contribution is 7.89. The number of fused-ring (bicyclic) bond motifs is 1. The molecule has 3 aromatic rings. The van der Waals surface area contributed by atoms with Gasteiger partial charge in [0.05, 0.1) is 42.5 Å². The minimum atomic E-state index is -3.80. The normalized spacial score (nSPS) is 14.9. The second-order valence-electron chi connectivity index (χ2n) is 8.74.